The molecule has 5 nitrogen and oxygen atoms in total. The fourth-order valence-electron chi connectivity index (χ4n) is 3.10. The number of ketones is 1. The van der Waals surface area contributed by atoms with Gasteiger partial charge in [0, 0.05) is 0 Å². The van der Waals surface area contributed by atoms with Crippen LogP contribution >= 0.6 is 0 Å². The molecule has 0 fully saturated rings. The summed E-state index contributed by atoms with van der Waals surface area (Å²) < 4.78 is 5.72. The summed E-state index contributed by atoms with van der Waals surface area (Å²) in [6, 6.07) is 23.6. The van der Waals surface area contributed by atoms with E-state index in [0.717, 1.165) is 30.2 Å². The van der Waals surface area contributed by atoms with E-state index in [0.29, 0.717) is 18.7 Å². The van der Waals surface area contributed by atoms with Gasteiger partial charge in [-0.15, -0.1) is 0 Å². The van der Waals surface area contributed by atoms with E-state index in [1.165, 1.54) is 5.56 Å². The maximum absolute atomic E-state index is 12.1. The molecule has 0 radical (unpaired) electrons. The van der Waals surface area contributed by atoms with Gasteiger partial charge in [0.2, 0.25) is 0 Å². The zero-order valence-electron chi connectivity index (χ0n) is 17.7. The van der Waals surface area contributed by atoms with E-state index in [1.807, 2.05) is 60.7 Å². The lowest BCUT2D eigenvalue weighted by molar-refractivity contribution is -0.126. The fourth-order valence-corrected chi connectivity index (χ4v) is 3.10. The number of benzene rings is 3. The number of ether oxygens (including phenoxy) is 1. The molecule has 0 amide bonds. The highest BCUT2D eigenvalue weighted by Crippen LogP contribution is 2.21. The van der Waals surface area contributed by atoms with E-state index in [2.05, 4.69) is 12.1 Å². The van der Waals surface area contributed by atoms with Crippen LogP contribution in [-0.4, -0.2) is 31.0 Å². The van der Waals surface area contributed by atoms with Crippen LogP contribution in [0.1, 0.15) is 25.3 Å². The Morgan fingerprint density at radius 2 is 1.57 bits per heavy atom. The van der Waals surface area contributed by atoms with Crippen LogP contribution in [0.15, 0.2) is 72.8 Å². The van der Waals surface area contributed by atoms with Gasteiger partial charge in [0.05, 0.1) is 6.04 Å². The predicted octanol–water partition coefficient (Wildman–Crippen LogP) is 3.43. The monoisotopic (exact) mass is 407 g/mol. The minimum absolute atomic E-state index is 0.0865. The largest absolute Gasteiger partial charge is 0.483 e. The van der Waals surface area contributed by atoms with Crippen molar-refractivity contribution in [3.8, 4) is 5.75 Å². The number of rotatable bonds is 9. The summed E-state index contributed by atoms with van der Waals surface area (Å²) in [6.45, 7) is 3.02. The summed E-state index contributed by atoms with van der Waals surface area (Å²) in [5, 5.41) is 2.23. The molecule has 3 aromatic carbocycles. The summed E-state index contributed by atoms with van der Waals surface area (Å²) in [7, 11) is 0. The first-order valence-electron chi connectivity index (χ1n) is 10.4. The standard InChI is InChI=1S/C17H22N2O2.C8H11N/c1-12(17(20)16(19)7-4-10-18)21-15-9-8-13-5-2-3-6-14(13)11-15;9-7-6-8-4-2-1-3-5-8/h2-3,5-6,8-9,11-12,16H,4,7,10,18-19H2,1H3;1-5H,6-7,9H2. The molecule has 3 rings (SSSR count). The van der Waals surface area contributed by atoms with Crippen molar-refractivity contribution in [3.63, 3.8) is 0 Å². The van der Waals surface area contributed by atoms with Gasteiger partial charge in [0.1, 0.15) is 5.75 Å². The number of Topliss-reactive ketones (excluding diaryl/α,β-unsaturated/α-hetero) is 1. The van der Waals surface area contributed by atoms with Crippen LogP contribution in [0.2, 0.25) is 0 Å². The van der Waals surface area contributed by atoms with E-state index in [4.69, 9.17) is 21.9 Å². The van der Waals surface area contributed by atoms with Crippen LogP contribution in [0.25, 0.3) is 10.8 Å². The van der Waals surface area contributed by atoms with Crippen LogP contribution in [0.3, 0.4) is 0 Å². The first-order chi connectivity index (χ1) is 14.5. The summed E-state index contributed by atoms with van der Waals surface area (Å²) in [5.74, 6) is 0.595. The van der Waals surface area contributed by atoms with Gasteiger partial charge in [-0.25, -0.2) is 0 Å². The van der Waals surface area contributed by atoms with Crippen molar-refractivity contribution in [1.29, 1.82) is 0 Å². The molecule has 2 unspecified atom stereocenters. The van der Waals surface area contributed by atoms with Crippen LogP contribution in [0.5, 0.6) is 5.75 Å². The Labute approximate surface area is 179 Å². The second-order valence-electron chi connectivity index (χ2n) is 7.23. The minimum Gasteiger partial charge on any atom is -0.483 e. The van der Waals surface area contributed by atoms with E-state index >= 15 is 0 Å². The normalized spacial score (nSPS) is 12.5. The molecular formula is C25H33N3O2. The summed E-state index contributed by atoms with van der Waals surface area (Å²) in [6.07, 6.45) is 1.77. The maximum Gasteiger partial charge on any atom is 0.189 e. The third-order valence-electron chi connectivity index (χ3n) is 4.80. The molecule has 5 heteroatoms. The highest BCUT2D eigenvalue weighted by molar-refractivity contribution is 5.88. The van der Waals surface area contributed by atoms with Crippen molar-refractivity contribution >= 4 is 16.6 Å². The highest BCUT2D eigenvalue weighted by atomic mass is 16.5. The van der Waals surface area contributed by atoms with Gasteiger partial charge < -0.3 is 21.9 Å². The summed E-state index contributed by atoms with van der Waals surface area (Å²) >= 11 is 0. The molecule has 3 aromatic rings. The van der Waals surface area contributed by atoms with Gasteiger partial charge in [-0.2, -0.15) is 0 Å². The van der Waals surface area contributed by atoms with Crippen molar-refractivity contribution in [2.24, 2.45) is 17.2 Å². The molecule has 0 aliphatic heterocycles. The van der Waals surface area contributed by atoms with Gasteiger partial charge in [-0.05, 0) is 67.7 Å². The lowest BCUT2D eigenvalue weighted by Crippen LogP contribution is -2.40. The van der Waals surface area contributed by atoms with Crippen molar-refractivity contribution in [1.82, 2.24) is 0 Å². The lowest BCUT2D eigenvalue weighted by Gasteiger charge is -2.18. The first kappa shape index (κ1) is 23.5. The van der Waals surface area contributed by atoms with Gasteiger partial charge in [-0.1, -0.05) is 60.7 Å². The molecular weight excluding hydrogens is 374 g/mol. The zero-order chi connectivity index (χ0) is 21.8. The molecule has 0 saturated heterocycles. The van der Waals surface area contributed by atoms with E-state index in [1.54, 1.807) is 6.92 Å². The van der Waals surface area contributed by atoms with Crippen LogP contribution in [0, 0.1) is 0 Å². The Morgan fingerprint density at radius 3 is 2.23 bits per heavy atom. The number of carbonyl (C=O) groups is 1. The highest BCUT2D eigenvalue weighted by Gasteiger charge is 2.21. The van der Waals surface area contributed by atoms with Gasteiger partial charge in [0.15, 0.2) is 11.9 Å². The maximum atomic E-state index is 12.1. The number of hydrogen-bond donors (Lipinski definition) is 3. The molecule has 0 aliphatic carbocycles. The van der Waals surface area contributed by atoms with Gasteiger partial charge in [-0.3, -0.25) is 4.79 Å². The number of nitrogens with two attached hydrogens (primary N) is 3. The topological polar surface area (TPSA) is 104 Å². The van der Waals surface area contributed by atoms with E-state index in [9.17, 15) is 4.79 Å². The summed E-state index contributed by atoms with van der Waals surface area (Å²) in [5.41, 5.74) is 18.0. The second kappa shape index (κ2) is 12.8. The van der Waals surface area contributed by atoms with Gasteiger partial charge >= 0.3 is 0 Å². The molecule has 0 heterocycles. The van der Waals surface area contributed by atoms with Crippen molar-refractivity contribution in [3.05, 3.63) is 78.4 Å². The lowest BCUT2D eigenvalue weighted by atomic mass is 10.0. The average Bonchev–Trinajstić information content (AvgIpc) is 2.78. The van der Waals surface area contributed by atoms with E-state index in [-0.39, 0.29) is 5.78 Å². The molecule has 0 aromatic heterocycles. The third kappa shape index (κ3) is 7.59. The Balaban J connectivity index is 0.000000297. The molecule has 0 spiro atoms. The fraction of sp³-hybridized carbons (Fsp3) is 0.320. The Hall–Kier alpha value is -2.73. The molecule has 30 heavy (non-hydrogen) atoms. The van der Waals surface area contributed by atoms with Crippen molar-refractivity contribution < 1.29 is 9.53 Å². The molecule has 0 aliphatic rings. The zero-order valence-corrected chi connectivity index (χ0v) is 17.7. The molecule has 2 atom stereocenters. The average molecular weight is 408 g/mol. The molecule has 6 N–H and O–H groups in total. The number of carbonyl (C=O) groups excluding carboxylic acids is 1. The second-order valence-corrected chi connectivity index (χ2v) is 7.23. The van der Waals surface area contributed by atoms with Crippen LogP contribution in [0.4, 0.5) is 0 Å². The quantitative estimate of drug-likeness (QED) is 0.504. The van der Waals surface area contributed by atoms with Crippen LogP contribution in [-0.2, 0) is 11.2 Å². The first-order valence-corrected chi connectivity index (χ1v) is 10.4. The third-order valence-corrected chi connectivity index (χ3v) is 4.80. The smallest absolute Gasteiger partial charge is 0.189 e. The summed E-state index contributed by atoms with van der Waals surface area (Å²) in [4.78, 5) is 12.1. The van der Waals surface area contributed by atoms with Crippen LogP contribution < -0.4 is 21.9 Å². The number of hydrogen-bond acceptors (Lipinski definition) is 5. The van der Waals surface area contributed by atoms with E-state index < -0.39 is 12.1 Å². The molecule has 160 valence electrons. The number of fused-ring (bicyclic) bond motifs is 1. The van der Waals surface area contributed by atoms with Crippen molar-refractivity contribution in [2.45, 2.75) is 38.3 Å². The predicted molar refractivity (Wildman–Crippen MR) is 125 cm³/mol. The van der Waals surface area contributed by atoms with Crippen molar-refractivity contribution in [2.75, 3.05) is 13.1 Å². The Morgan fingerprint density at radius 1 is 0.900 bits per heavy atom. The molecule has 0 bridgehead atoms. The SMILES string of the molecule is CC(Oc1ccc2ccccc2c1)C(=O)C(N)CCCN.NCCc1ccccc1. The Bertz CT molecular complexity index is 899. The Kier molecular flexibility index (Phi) is 10.0. The molecule has 0 saturated carbocycles. The van der Waals surface area contributed by atoms with Gasteiger partial charge in [0.25, 0.3) is 0 Å². The minimum atomic E-state index is -0.557.